The lowest BCUT2D eigenvalue weighted by atomic mass is 10.3. The number of nitrogens with two attached hydrogens (primary N) is 1. The third-order valence-electron chi connectivity index (χ3n) is 1.63. The van der Waals surface area contributed by atoms with Gasteiger partial charge in [0.05, 0.1) is 5.00 Å². The van der Waals surface area contributed by atoms with Crippen LogP contribution in [0.5, 0.6) is 0 Å². The van der Waals surface area contributed by atoms with Crippen molar-refractivity contribution in [3.05, 3.63) is 21.8 Å². The predicted octanol–water partition coefficient (Wildman–Crippen LogP) is 3.38. The van der Waals surface area contributed by atoms with Gasteiger partial charge in [-0.1, -0.05) is 0 Å². The molecule has 0 radical (unpaired) electrons. The number of hydrogen-bond acceptors (Lipinski definition) is 3. The van der Waals surface area contributed by atoms with Crippen LogP contribution >= 0.6 is 46.6 Å². The zero-order chi connectivity index (χ0) is 8.72. The van der Waals surface area contributed by atoms with Crippen molar-refractivity contribution >= 4 is 61.6 Å². The average Bonchev–Trinajstić information content (AvgIpc) is 2.39. The van der Waals surface area contributed by atoms with Gasteiger partial charge in [-0.25, -0.2) is 0 Å². The molecule has 1 aromatic carbocycles. The van der Waals surface area contributed by atoms with E-state index in [1.165, 1.54) is 13.7 Å². The molecule has 2 N–H and O–H groups in total. The predicted molar refractivity (Wildman–Crippen MR) is 66.2 cm³/mol. The van der Waals surface area contributed by atoms with Gasteiger partial charge in [-0.15, -0.1) is 24.0 Å². The molecule has 0 saturated carbocycles. The number of hydrogen-bond donors (Lipinski definition) is 2. The van der Waals surface area contributed by atoms with Crippen LogP contribution in [-0.2, 0) is 0 Å². The molecule has 2 aromatic rings. The maximum Gasteiger partial charge on any atom is 0.0869 e. The number of rotatable bonds is 0. The Kier molecular flexibility index (Phi) is 2.22. The number of anilines is 1. The molecule has 1 heterocycles. The second kappa shape index (κ2) is 3.08. The fourth-order valence-electron chi connectivity index (χ4n) is 1.09. The van der Waals surface area contributed by atoms with Gasteiger partial charge < -0.3 is 5.73 Å². The van der Waals surface area contributed by atoms with E-state index in [1.54, 1.807) is 11.3 Å². The van der Waals surface area contributed by atoms with E-state index in [4.69, 9.17) is 5.73 Å². The first kappa shape index (κ1) is 8.65. The van der Waals surface area contributed by atoms with Crippen LogP contribution in [0.4, 0.5) is 5.00 Å². The van der Waals surface area contributed by atoms with E-state index in [0.717, 1.165) is 9.90 Å². The third kappa shape index (κ3) is 1.31. The summed E-state index contributed by atoms with van der Waals surface area (Å²) < 4.78 is 2.41. The van der Waals surface area contributed by atoms with Crippen molar-refractivity contribution in [1.29, 1.82) is 0 Å². The second-order valence-corrected chi connectivity index (χ2v) is 5.14. The fourth-order valence-corrected chi connectivity index (χ4v) is 2.93. The Labute approximate surface area is 93.5 Å². The highest BCUT2D eigenvalue weighted by atomic mass is 127. The minimum Gasteiger partial charge on any atom is -0.391 e. The maximum absolute atomic E-state index is 5.70. The van der Waals surface area contributed by atoms with Crippen molar-refractivity contribution in [3.8, 4) is 0 Å². The molecule has 0 saturated heterocycles. The Morgan fingerprint density at radius 2 is 2.17 bits per heavy atom. The number of thiophene rings is 1. The maximum atomic E-state index is 5.70. The Balaban J connectivity index is 2.89. The highest BCUT2D eigenvalue weighted by molar-refractivity contribution is 14.1. The first-order chi connectivity index (χ1) is 5.68. The van der Waals surface area contributed by atoms with E-state index < -0.39 is 0 Å². The first-order valence-corrected chi connectivity index (χ1v) is 5.69. The summed E-state index contributed by atoms with van der Waals surface area (Å²) >= 11 is 8.24. The molecule has 62 valence electrons. The molecule has 0 aliphatic heterocycles. The molecule has 0 unspecified atom stereocenters. The van der Waals surface area contributed by atoms with Gasteiger partial charge in [0.1, 0.15) is 0 Å². The lowest BCUT2D eigenvalue weighted by molar-refractivity contribution is 1.48. The molecule has 12 heavy (non-hydrogen) atoms. The molecule has 0 aliphatic carbocycles. The molecular formula is C8H6INS2. The van der Waals surface area contributed by atoms with E-state index in [-0.39, 0.29) is 0 Å². The van der Waals surface area contributed by atoms with E-state index in [1.807, 2.05) is 12.1 Å². The molecular weight excluding hydrogens is 301 g/mol. The van der Waals surface area contributed by atoms with Gasteiger partial charge in [0.2, 0.25) is 0 Å². The summed E-state index contributed by atoms with van der Waals surface area (Å²) in [5, 5.41) is 2.08. The summed E-state index contributed by atoms with van der Waals surface area (Å²) in [6.07, 6.45) is 0. The highest BCUT2D eigenvalue weighted by Gasteiger charge is 2.04. The summed E-state index contributed by atoms with van der Waals surface area (Å²) in [6, 6.07) is 6.06. The van der Waals surface area contributed by atoms with Crippen LogP contribution in [0.15, 0.2) is 23.1 Å². The summed E-state index contributed by atoms with van der Waals surface area (Å²) in [5.41, 5.74) is 5.70. The summed E-state index contributed by atoms with van der Waals surface area (Å²) in [4.78, 5) is 1.01. The minimum absolute atomic E-state index is 0.863. The largest absolute Gasteiger partial charge is 0.391 e. The zero-order valence-corrected chi connectivity index (χ0v) is 9.91. The lowest BCUT2D eigenvalue weighted by Gasteiger charge is -1.96. The Bertz CT molecular complexity index is 436. The molecule has 2 rings (SSSR count). The van der Waals surface area contributed by atoms with Crippen LogP contribution in [0.2, 0.25) is 0 Å². The Morgan fingerprint density at radius 3 is 2.92 bits per heavy atom. The second-order valence-electron chi connectivity index (χ2n) is 2.46. The van der Waals surface area contributed by atoms with Crippen LogP contribution < -0.4 is 5.73 Å². The molecule has 0 amide bonds. The van der Waals surface area contributed by atoms with Gasteiger partial charge >= 0.3 is 0 Å². The van der Waals surface area contributed by atoms with Crippen LogP contribution in [0.25, 0.3) is 10.1 Å². The number of nitrogen functional groups attached to an aromatic ring is 1. The SMILES string of the molecule is Nc1cc2c(I)c(S)ccc2s1. The standard InChI is InChI=1S/C8H6INS2/c9-8-4-3-7(10)12-6(4)2-1-5(8)11/h1-3,11H,10H2. The first-order valence-electron chi connectivity index (χ1n) is 3.35. The molecule has 0 spiro atoms. The van der Waals surface area contributed by atoms with Crippen molar-refractivity contribution in [2.24, 2.45) is 0 Å². The topological polar surface area (TPSA) is 26.0 Å². The van der Waals surface area contributed by atoms with Gasteiger partial charge in [-0.3, -0.25) is 0 Å². The summed E-state index contributed by atoms with van der Waals surface area (Å²) in [5.74, 6) is 0. The van der Waals surface area contributed by atoms with Crippen molar-refractivity contribution in [3.63, 3.8) is 0 Å². The van der Waals surface area contributed by atoms with Gasteiger partial charge in [-0.05, 0) is 40.8 Å². The van der Waals surface area contributed by atoms with Crippen LogP contribution in [-0.4, -0.2) is 0 Å². The fraction of sp³-hybridized carbons (Fsp3) is 0. The van der Waals surface area contributed by atoms with E-state index in [0.29, 0.717) is 0 Å². The number of benzene rings is 1. The molecule has 0 bridgehead atoms. The van der Waals surface area contributed by atoms with Crippen LogP contribution in [0, 0.1) is 3.57 Å². The number of thiol groups is 1. The number of halogens is 1. The number of fused-ring (bicyclic) bond motifs is 1. The van der Waals surface area contributed by atoms with E-state index >= 15 is 0 Å². The smallest absolute Gasteiger partial charge is 0.0869 e. The van der Waals surface area contributed by atoms with Crippen molar-refractivity contribution in [2.45, 2.75) is 4.90 Å². The third-order valence-corrected chi connectivity index (χ3v) is 4.52. The van der Waals surface area contributed by atoms with Gasteiger partial charge in [0.25, 0.3) is 0 Å². The van der Waals surface area contributed by atoms with Crippen LogP contribution in [0.1, 0.15) is 0 Å². The molecule has 0 fully saturated rings. The summed E-state index contributed by atoms with van der Waals surface area (Å²) in [7, 11) is 0. The van der Waals surface area contributed by atoms with Gasteiger partial charge in [0, 0.05) is 18.6 Å². The zero-order valence-electron chi connectivity index (χ0n) is 6.04. The highest BCUT2D eigenvalue weighted by Crippen LogP contribution is 2.33. The molecule has 0 aliphatic rings. The molecule has 1 aromatic heterocycles. The summed E-state index contributed by atoms with van der Waals surface area (Å²) in [6.45, 7) is 0. The molecule has 0 atom stereocenters. The molecule has 4 heteroatoms. The lowest BCUT2D eigenvalue weighted by Crippen LogP contribution is -1.75. The average molecular weight is 307 g/mol. The molecule has 1 nitrogen and oxygen atoms in total. The normalized spacial score (nSPS) is 10.8. The van der Waals surface area contributed by atoms with Crippen LogP contribution in [0.3, 0.4) is 0 Å². The van der Waals surface area contributed by atoms with Crippen molar-refractivity contribution < 1.29 is 0 Å². The van der Waals surface area contributed by atoms with Gasteiger partial charge in [-0.2, -0.15) is 0 Å². The van der Waals surface area contributed by atoms with E-state index in [2.05, 4.69) is 41.3 Å². The minimum atomic E-state index is 0.863. The quantitative estimate of drug-likeness (QED) is 0.566. The van der Waals surface area contributed by atoms with E-state index in [9.17, 15) is 0 Å². The van der Waals surface area contributed by atoms with Crippen molar-refractivity contribution in [1.82, 2.24) is 0 Å². The Morgan fingerprint density at radius 1 is 1.42 bits per heavy atom. The monoisotopic (exact) mass is 307 g/mol. The van der Waals surface area contributed by atoms with Crippen molar-refractivity contribution in [2.75, 3.05) is 5.73 Å². The van der Waals surface area contributed by atoms with Gasteiger partial charge in [0.15, 0.2) is 0 Å². The Hall–Kier alpha value is 0.0600.